The van der Waals surface area contributed by atoms with E-state index in [2.05, 4.69) is 4.98 Å². The van der Waals surface area contributed by atoms with Crippen molar-refractivity contribution in [1.82, 2.24) is 4.98 Å². The van der Waals surface area contributed by atoms with Gasteiger partial charge in [0.2, 0.25) is 0 Å². The second-order valence-corrected chi connectivity index (χ2v) is 3.63. The number of aryl methyl sites for hydroxylation is 1. The minimum atomic E-state index is -2.35. The van der Waals surface area contributed by atoms with Crippen molar-refractivity contribution >= 4 is 17.3 Å². The molecule has 0 N–H and O–H groups in total. The number of pyridine rings is 1. The van der Waals surface area contributed by atoms with Crippen molar-refractivity contribution in [3.8, 4) is 0 Å². The van der Waals surface area contributed by atoms with Gasteiger partial charge in [0.25, 0.3) is 6.43 Å². The first-order chi connectivity index (χ1) is 7.04. The normalized spacial score (nSPS) is 10.8. The van der Waals surface area contributed by atoms with Gasteiger partial charge in [-0.1, -0.05) is 0 Å². The molecule has 1 aromatic rings. The monoisotopic (exact) mass is 234 g/mol. The van der Waals surface area contributed by atoms with Gasteiger partial charge in [0.05, 0.1) is 12.4 Å². The minimum Gasteiger partial charge on any atom is -0.369 e. The summed E-state index contributed by atoms with van der Waals surface area (Å²) in [4.78, 5) is 5.57. The predicted octanol–water partition coefficient (Wildman–Crippen LogP) is 2.83. The van der Waals surface area contributed by atoms with E-state index in [9.17, 15) is 8.78 Å². The van der Waals surface area contributed by atoms with Crippen LogP contribution in [-0.4, -0.2) is 25.0 Å². The Morgan fingerprint density at radius 1 is 1.53 bits per heavy atom. The second-order valence-electron chi connectivity index (χ2n) is 3.36. The van der Waals surface area contributed by atoms with E-state index in [1.54, 1.807) is 19.3 Å². The molecule has 0 unspecified atom stereocenters. The van der Waals surface area contributed by atoms with Gasteiger partial charge < -0.3 is 4.90 Å². The number of aromatic nitrogens is 1. The Morgan fingerprint density at radius 3 is 2.73 bits per heavy atom. The van der Waals surface area contributed by atoms with E-state index in [1.165, 1.54) is 4.90 Å². The molecule has 0 atom stereocenters. The zero-order chi connectivity index (χ0) is 11.4. The van der Waals surface area contributed by atoms with Gasteiger partial charge in [0.15, 0.2) is 0 Å². The third-order valence-corrected chi connectivity index (χ3v) is 2.35. The molecule has 1 heterocycles. The summed E-state index contributed by atoms with van der Waals surface area (Å²) in [5.74, 6) is 0.274. The van der Waals surface area contributed by atoms with E-state index < -0.39 is 6.43 Å². The maximum Gasteiger partial charge on any atom is 0.255 e. The van der Waals surface area contributed by atoms with Crippen LogP contribution in [0.15, 0.2) is 12.3 Å². The van der Waals surface area contributed by atoms with Crippen LogP contribution >= 0.6 is 11.6 Å². The number of alkyl halides is 3. The molecule has 2 nitrogen and oxygen atoms in total. The van der Waals surface area contributed by atoms with Crippen LogP contribution in [0.4, 0.5) is 14.5 Å². The van der Waals surface area contributed by atoms with Crippen LogP contribution < -0.4 is 4.90 Å². The quantitative estimate of drug-likeness (QED) is 0.745. The maximum atomic E-state index is 12.2. The van der Waals surface area contributed by atoms with Gasteiger partial charge in [-0.3, -0.25) is 4.98 Å². The zero-order valence-corrected chi connectivity index (χ0v) is 9.43. The summed E-state index contributed by atoms with van der Waals surface area (Å²) in [6.07, 6.45) is -0.730. The molecule has 0 saturated carbocycles. The highest BCUT2D eigenvalue weighted by molar-refractivity contribution is 6.17. The Bertz CT molecular complexity index is 331. The molecule has 0 fully saturated rings. The van der Waals surface area contributed by atoms with Crippen LogP contribution in [0.1, 0.15) is 11.3 Å². The largest absolute Gasteiger partial charge is 0.369 e. The Balaban J connectivity index is 2.94. The summed E-state index contributed by atoms with van der Waals surface area (Å²) in [6.45, 7) is 1.52. The second kappa shape index (κ2) is 5.26. The molecule has 1 aromatic heterocycles. The van der Waals surface area contributed by atoms with Crippen LogP contribution in [0.2, 0.25) is 0 Å². The molecule has 0 spiro atoms. The number of anilines is 1. The van der Waals surface area contributed by atoms with E-state index >= 15 is 0 Å². The Morgan fingerprint density at radius 2 is 2.20 bits per heavy atom. The standard InChI is InChI=1S/C10H13ClF2N2/c1-7-3-9(8(4-11)5-14-7)15(2)6-10(12)13/h3,5,10H,4,6H2,1-2H3. The molecule has 0 aromatic carbocycles. The molecule has 0 bridgehead atoms. The molecule has 15 heavy (non-hydrogen) atoms. The van der Waals surface area contributed by atoms with Crippen LogP contribution in [0.5, 0.6) is 0 Å². The fourth-order valence-corrected chi connectivity index (χ4v) is 1.54. The van der Waals surface area contributed by atoms with E-state index in [1.807, 2.05) is 6.92 Å². The van der Waals surface area contributed by atoms with Crippen LogP contribution in [0.25, 0.3) is 0 Å². The third kappa shape index (κ3) is 3.30. The van der Waals surface area contributed by atoms with Crippen molar-refractivity contribution in [3.05, 3.63) is 23.5 Å². The molecule has 0 aliphatic heterocycles. The average molecular weight is 235 g/mol. The highest BCUT2D eigenvalue weighted by Crippen LogP contribution is 2.21. The van der Waals surface area contributed by atoms with Crippen molar-refractivity contribution in [1.29, 1.82) is 0 Å². The van der Waals surface area contributed by atoms with Gasteiger partial charge in [-0.25, -0.2) is 8.78 Å². The SMILES string of the molecule is Cc1cc(N(C)CC(F)F)c(CCl)cn1. The van der Waals surface area contributed by atoms with Gasteiger partial charge in [-0.15, -0.1) is 11.6 Å². The lowest BCUT2D eigenvalue weighted by Crippen LogP contribution is -2.25. The number of halogens is 3. The maximum absolute atomic E-state index is 12.2. The lowest BCUT2D eigenvalue weighted by atomic mass is 10.2. The van der Waals surface area contributed by atoms with Crippen LogP contribution in [0, 0.1) is 6.92 Å². The summed E-state index contributed by atoms with van der Waals surface area (Å²) in [6, 6.07) is 1.76. The van der Waals surface area contributed by atoms with E-state index in [0.29, 0.717) is 0 Å². The Labute approximate surface area is 92.9 Å². The predicted molar refractivity (Wildman–Crippen MR) is 57.8 cm³/mol. The number of hydrogen-bond donors (Lipinski definition) is 0. The summed E-state index contributed by atoms with van der Waals surface area (Å²) in [5, 5.41) is 0. The number of rotatable bonds is 4. The number of nitrogens with zero attached hydrogens (tertiary/aromatic N) is 2. The molecule has 0 aliphatic rings. The van der Waals surface area contributed by atoms with E-state index in [4.69, 9.17) is 11.6 Å². The Kier molecular flexibility index (Phi) is 4.27. The zero-order valence-electron chi connectivity index (χ0n) is 8.67. The molecule has 5 heteroatoms. The first-order valence-electron chi connectivity index (χ1n) is 4.55. The van der Waals surface area contributed by atoms with Crippen molar-refractivity contribution in [2.45, 2.75) is 19.2 Å². The average Bonchev–Trinajstić information content (AvgIpc) is 2.16. The smallest absolute Gasteiger partial charge is 0.255 e. The molecule has 0 saturated heterocycles. The van der Waals surface area contributed by atoms with Gasteiger partial charge >= 0.3 is 0 Å². The van der Waals surface area contributed by atoms with Gasteiger partial charge in [0.1, 0.15) is 0 Å². The fraction of sp³-hybridized carbons (Fsp3) is 0.500. The van der Waals surface area contributed by atoms with Crippen molar-refractivity contribution in [3.63, 3.8) is 0 Å². The third-order valence-electron chi connectivity index (χ3n) is 2.07. The Hall–Kier alpha value is -0.900. The molecule has 1 rings (SSSR count). The summed E-state index contributed by atoms with van der Waals surface area (Å²) in [5.41, 5.74) is 2.28. The molecule has 0 radical (unpaired) electrons. The van der Waals surface area contributed by atoms with E-state index in [-0.39, 0.29) is 12.4 Å². The van der Waals surface area contributed by atoms with Gasteiger partial charge in [0, 0.05) is 30.2 Å². The topological polar surface area (TPSA) is 16.1 Å². The highest BCUT2D eigenvalue weighted by Gasteiger charge is 2.12. The minimum absolute atomic E-state index is 0.274. The molecular formula is C10H13ClF2N2. The first kappa shape index (κ1) is 12.2. The van der Waals surface area contributed by atoms with Crippen LogP contribution in [0.3, 0.4) is 0 Å². The van der Waals surface area contributed by atoms with Crippen molar-refractivity contribution in [2.24, 2.45) is 0 Å². The van der Waals surface area contributed by atoms with Gasteiger partial charge in [-0.05, 0) is 13.0 Å². The summed E-state index contributed by atoms with van der Waals surface area (Å²) >= 11 is 5.71. The molecule has 0 aliphatic carbocycles. The lowest BCUT2D eigenvalue weighted by Gasteiger charge is -2.21. The number of hydrogen-bond acceptors (Lipinski definition) is 2. The van der Waals surface area contributed by atoms with Crippen molar-refractivity contribution < 1.29 is 8.78 Å². The molecule has 0 amide bonds. The first-order valence-corrected chi connectivity index (χ1v) is 5.08. The highest BCUT2D eigenvalue weighted by atomic mass is 35.5. The van der Waals surface area contributed by atoms with E-state index in [0.717, 1.165) is 16.9 Å². The van der Waals surface area contributed by atoms with Crippen molar-refractivity contribution in [2.75, 3.05) is 18.5 Å². The summed E-state index contributed by atoms with van der Waals surface area (Å²) in [7, 11) is 1.62. The van der Waals surface area contributed by atoms with Crippen LogP contribution in [-0.2, 0) is 5.88 Å². The molecule has 84 valence electrons. The molecular weight excluding hydrogens is 222 g/mol. The summed E-state index contributed by atoms with van der Waals surface area (Å²) < 4.78 is 24.4. The lowest BCUT2D eigenvalue weighted by molar-refractivity contribution is 0.156. The van der Waals surface area contributed by atoms with Gasteiger partial charge in [-0.2, -0.15) is 0 Å². The fourth-order valence-electron chi connectivity index (χ4n) is 1.34.